The molecule has 0 aliphatic rings. The van der Waals surface area contributed by atoms with Gasteiger partial charge in [-0.1, -0.05) is 54.6 Å². The Bertz CT molecular complexity index is 1370. The minimum Gasteiger partial charge on any atom is -0.506 e. The van der Waals surface area contributed by atoms with Gasteiger partial charge in [-0.15, -0.1) is 0 Å². The van der Waals surface area contributed by atoms with Crippen LogP contribution in [0.25, 0.3) is 21.9 Å². The number of para-hydroxylation sites is 2. The molecular weight excluding hydrogens is 384 g/mol. The van der Waals surface area contributed by atoms with Gasteiger partial charge in [0.1, 0.15) is 17.1 Å². The number of nitrogens with one attached hydrogen (secondary N) is 1. The number of imidazole rings is 1. The van der Waals surface area contributed by atoms with Gasteiger partial charge in [0.2, 0.25) is 0 Å². The maximum atomic E-state index is 10.3. The Balaban J connectivity index is 1.56. The highest BCUT2D eigenvalue weighted by molar-refractivity contribution is 5.87. The number of fused-ring (bicyclic) bond motifs is 2. The molecule has 31 heavy (non-hydrogen) atoms. The van der Waals surface area contributed by atoms with E-state index in [4.69, 9.17) is 4.98 Å². The van der Waals surface area contributed by atoms with Gasteiger partial charge in [0, 0.05) is 24.7 Å². The monoisotopic (exact) mass is 408 g/mol. The Morgan fingerprint density at radius 1 is 0.903 bits per heavy atom. The summed E-state index contributed by atoms with van der Waals surface area (Å²) in [5.74, 6) is 1.17. The van der Waals surface area contributed by atoms with Crippen LogP contribution >= 0.6 is 0 Å². The summed E-state index contributed by atoms with van der Waals surface area (Å²) in [5, 5.41) is 14.9. The number of nitrogens with zero attached hydrogens (tertiary/aromatic N) is 3. The van der Waals surface area contributed by atoms with Gasteiger partial charge >= 0.3 is 0 Å². The van der Waals surface area contributed by atoms with Gasteiger partial charge in [-0.3, -0.25) is 5.32 Å². The van der Waals surface area contributed by atoms with E-state index in [2.05, 4.69) is 52.2 Å². The molecule has 0 radical (unpaired) electrons. The molecule has 5 aromatic rings. The lowest BCUT2D eigenvalue weighted by molar-refractivity contribution is 0.480. The van der Waals surface area contributed by atoms with E-state index in [0.717, 1.165) is 39.1 Å². The topological polar surface area (TPSA) is 63.0 Å². The van der Waals surface area contributed by atoms with E-state index in [1.165, 1.54) is 0 Å². The molecular formula is C26H24N4O. The first-order valence-electron chi connectivity index (χ1n) is 10.4. The predicted molar refractivity (Wildman–Crippen MR) is 124 cm³/mol. The van der Waals surface area contributed by atoms with Crippen molar-refractivity contribution in [3.63, 3.8) is 0 Å². The third-order valence-electron chi connectivity index (χ3n) is 5.77. The number of pyridine rings is 1. The molecule has 3 aromatic carbocycles. The minimum atomic E-state index is -0.0825. The normalized spacial score (nSPS) is 12.5. The van der Waals surface area contributed by atoms with Crippen LogP contribution in [0.3, 0.4) is 0 Å². The first-order valence-corrected chi connectivity index (χ1v) is 10.4. The SMILES string of the molecule is Cc1ccc2c(CNC(c3ccccc3)c3nc4ccccc4n3C)ccc(O)c2n1. The molecule has 0 spiro atoms. The fourth-order valence-corrected chi connectivity index (χ4v) is 4.15. The molecule has 1 atom stereocenters. The van der Waals surface area contributed by atoms with Crippen LogP contribution in [0.4, 0.5) is 0 Å². The van der Waals surface area contributed by atoms with Crippen molar-refractivity contribution in [2.24, 2.45) is 7.05 Å². The largest absolute Gasteiger partial charge is 0.506 e. The van der Waals surface area contributed by atoms with Crippen molar-refractivity contribution in [3.05, 3.63) is 102 Å². The molecule has 5 rings (SSSR count). The van der Waals surface area contributed by atoms with Crippen molar-refractivity contribution in [1.29, 1.82) is 0 Å². The Morgan fingerprint density at radius 2 is 1.68 bits per heavy atom. The Kier molecular flexibility index (Phi) is 4.88. The second kappa shape index (κ2) is 7.85. The summed E-state index contributed by atoms with van der Waals surface area (Å²) < 4.78 is 2.15. The van der Waals surface area contributed by atoms with E-state index < -0.39 is 0 Å². The highest BCUT2D eigenvalue weighted by Gasteiger charge is 2.20. The third kappa shape index (κ3) is 3.53. The summed E-state index contributed by atoms with van der Waals surface area (Å²) in [7, 11) is 2.06. The molecule has 0 fully saturated rings. The highest BCUT2D eigenvalue weighted by atomic mass is 16.3. The van der Waals surface area contributed by atoms with E-state index in [0.29, 0.717) is 12.1 Å². The minimum absolute atomic E-state index is 0.0825. The first-order chi connectivity index (χ1) is 15.1. The van der Waals surface area contributed by atoms with Crippen molar-refractivity contribution in [2.45, 2.75) is 19.5 Å². The van der Waals surface area contributed by atoms with Crippen LogP contribution in [0, 0.1) is 6.92 Å². The van der Waals surface area contributed by atoms with Crippen molar-refractivity contribution in [1.82, 2.24) is 19.9 Å². The third-order valence-corrected chi connectivity index (χ3v) is 5.77. The molecule has 5 nitrogen and oxygen atoms in total. The number of aromatic nitrogens is 3. The van der Waals surface area contributed by atoms with Crippen LogP contribution in [0.5, 0.6) is 5.75 Å². The van der Waals surface area contributed by atoms with E-state index in [-0.39, 0.29) is 11.8 Å². The molecule has 0 bridgehead atoms. The molecule has 2 N–H and O–H groups in total. The van der Waals surface area contributed by atoms with Crippen molar-refractivity contribution in [2.75, 3.05) is 0 Å². The Hall–Kier alpha value is -3.70. The molecule has 1 unspecified atom stereocenters. The van der Waals surface area contributed by atoms with E-state index in [9.17, 15) is 5.11 Å². The quantitative estimate of drug-likeness (QED) is 0.429. The fraction of sp³-hybridized carbons (Fsp3) is 0.154. The molecule has 5 heteroatoms. The van der Waals surface area contributed by atoms with Gasteiger partial charge in [-0.05, 0) is 42.3 Å². The zero-order valence-corrected chi connectivity index (χ0v) is 17.6. The lowest BCUT2D eigenvalue weighted by Gasteiger charge is -2.20. The van der Waals surface area contributed by atoms with Crippen LogP contribution in [-0.4, -0.2) is 19.6 Å². The molecule has 154 valence electrons. The lowest BCUT2D eigenvalue weighted by atomic mass is 10.0. The molecule has 2 aromatic heterocycles. The van der Waals surface area contributed by atoms with Crippen molar-refractivity contribution >= 4 is 21.9 Å². The second-order valence-electron chi connectivity index (χ2n) is 7.83. The number of aromatic hydroxyl groups is 1. The summed E-state index contributed by atoms with van der Waals surface area (Å²) in [6, 6.07) is 26.2. The Labute approximate surface area is 181 Å². The lowest BCUT2D eigenvalue weighted by Crippen LogP contribution is -2.25. The van der Waals surface area contributed by atoms with Crippen molar-refractivity contribution in [3.8, 4) is 5.75 Å². The average molecular weight is 409 g/mol. The number of phenolic OH excluding ortho intramolecular Hbond substituents is 1. The number of rotatable bonds is 5. The molecule has 0 amide bonds. The van der Waals surface area contributed by atoms with Gasteiger partial charge in [0.25, 0.3) is 0 Å². The number of hydrogen-bond donors (Lipinski definition) is 2. The van der Waals surface area contributed by atoms with Crippen LogP contribution in [-0.2, 0) is 13.6 Å². The number of phenols is 1. The second-order valence-corrected chi connectivity index (χ2v) is 7.83. The van der Waals surface area contributed by atoms with Crippen LogP contribution < -0.4 is 5.32 Å². The van der Waals surface area contributed by atoms with Crippen LogP contribution in [0.15, 0.2) is 78.9 Å². The van der Waals surface area contributed by atoms with Gasteiger partial charge in [-0.2, -0.15) is 0 Å². The molecule has 0 aliphatic carbocycles. The maximum Gasteiger partial charge on any atom is 0.141 e. The predicted octanol–water partition coefficient (Wildman–Crippen LogP) is 5.01. The standard InChI is InChI=1S/C26H24N4O/c1-17-12-14-20-19(13-15-23(31)25(20)28-17)16-27-24(18-8-4-3-5-9-18)26-29-21-10-6-7-11-22(21)30(26)2/h3-15,24,27,31H,16H2,1-2H3. The molecule has 0 saturated carbocycles. The fourth-order valence-electron chi connectivity index (χ4n) is 4.15. The number of benzene rings is 3. The molecule has 0 aliphatic heterocycles. The zero-order valence-electron chi connectivity index (χ0n) is 17.6. The summed E-state index contributed by atoms with van der Waals surface area (Å²) in [5.41, 5.74) is 5.85. The number of hydrogen-bond acceptors (Lipinski definition) is 4. The van der Waals surface area contributed by atoms with Crippen LogP contribution in [0.1, 0.15) is 28.7 Å². The van der Waals surface area contributed by atoms with Gasteiger partial charge < -0.3 is 9.67 Å². The smallest absolute Gasteiger partial charge is 0.141 e. The van der Waals surface area contributed by atoms with Crippen LogP contribution in [0.2, 0.25) is 0 Å². The van der Waals surface area contributed by atoms with E-state index in [1.807, 2.05) is 49.4 Å². The summed E-state index contributed by atoms with van der Waals surface area (Å²) >= 11 is 0. The molecule has 2 heterocycles. The number of aryl methyl sites for hydroxylation is 2. The first kappa shape index (κ1) is 19.3. The van der Waals surface area contributed by atoms with Gasteiger partial charge in [0.15, 0.2) is 0 Å². The van der Waals surface area contributed by atoms with Crippen molar-refractivity contribution < 1.29 is 5.11 Å². The highest BCUT2D eigenvalue weighted by Crippen LogP contribution is 2.29. The van der Waals surface area contributed by atoms with E-state index in [1.54, 1.807) is 6.07 Å². The average Bonchev–Trinajstić information content (AvgIpc) is 3.13. The zero-order chi connectivity index (χ0) is 21.4. The maximum absolute atomic E-state index is 10.3. The summed E-state index contributed by atoms with van der Waals surface area (Å²) in [6.07, 6.45) is 0. The summed E-state index contributed by atoms with van der Waals surface area (Å²) in [6.45, 7) is 2.55. The Morgan fingerprint density at radius 3 is 2.48 bits per heavy atom. The summed E-state index contributed by atoms with van der Waals surface area (Å²) in [4.78, 5) is 9.47. The van der Waals surface area contributed by atoms with Gasteiger partial charge in [0.05, 0.1) is 17.1 Å². The van der Waals surface area contributed by atoms with E-state index >= 15 is 0 Å². The van der Waals surface area contributed by atoms with Gasteiger partial charge in [-0.25, -0.2) is 9.97 Å². The molecule has 0 saturated heterocycles.